The Hall–Kier alpha value is -4.63. The van der Waals surface area contributed by atoms with Crippen LogP contribution in [0.15, 0.2) is 85.6 Å². The molecule has 0 spiro atoms. The predicted octanol–water partition coefficient (Wildman–Crippen LogP) is 5.70. The topological polar surface area (TPSA) is 93.9 Å². The third-order valence-electron chi connectivity index (χ3n) is 5.68. The normalized spacial score (nSPS) is 10.8. The van der Waals surface area contributed by atoms with Crippen LogP contribution in [0.1, 0.15) is 5.56 Å². The van der Waals surface area contributed by atoms with E-state index in [0.29, 0.717) is 46.0 Å². The lowest BCUT2D eigenvalue weighted by molar-refractivity contribution is 0.258. The second-order valence-corrected chi connectivity index (χ2v) is 8.56. The molecular weight excluding hydrogens is 492 g/mol. The zero-order chi connectivity index (χ0) is 25.8. The number of pyridine rings is 1. The van der Waals surface area contributed by atoms with Gasteiger partial charge in [-0.1, -0.05) is 23.7 Å². The van der Waals surface area contributed by atoms with Gasteiger partial charge in [-0.25, -0.2) is 14.8 Å². The fourth-order valence-electron chi connectivity index (χ4n) is 3.77. The first-order chi connectivity index (χ1) is 18.0. The second kappa shape index (κ2) is 10.5. The Kier molecular flexibility index (Phi) is 6.87. The Morgan fingerprint density at radius 1 is 1.11 bits per heavy atom. The molecule has 0 saturated heterocycles. The van der Waals surface area contributed by atoms with E-state index < -0.39 is 0 Å². The van der Waals surface area contributed by atoms with Crippen LogP contribution in [0.4, 0.5) is 16.2 Å². The van der Waals surface area contributed by atoms with Gasteiger partial charge in [0, 0.05) is 54.3 Å². The standard InChI is InChI=1S/C27H23ClN6O3/c1-33(23-15-20(28)6-7-24(23)36-2)27(35)31-21-5-3-4-19(14-21)22-16-34-13-12-30-25(34)26(32-22)37-17-18-8-10-29-11-9-18/h3-16H,17H2,1-2H3,(H,31,35). The maximum atomic E-state index is 13.0. The molecule has 0 aliphatic heterocycles. The summed E-state index contributed by atoms with van der Waals surface area (Å²) in [6.07, 6.45) is 8.82. The number of amides is 2. The lowest BCUT2D eigenvalue weighted by atomic mass is 10.1. The molecule has 0 radical (unpaired) electrons. The van der Waals surface area contributed by atoms with E-state index in [2.05, 4.69) is 15.3 Å². The molecule has 2 aromatic carbocycles. The third kappa shape index (κ3) is 5.31. The number of methoxy groups -OCH3 is 1. The van der Waals surface area contributed by atoms with Crippen LogP contribution < -0.4 is 19.7 Å². The average molecular weight is 515 g/mol. The summed E-state index contributed by atoms with van der Waals surface area (Å²) in [4.78, 5) is 27.6. The molecule has 9 nitrogen and oxygen atoms in total. The van der Waals surface area contributed by atoms with Crippen molar-refractivity contribution in [1.82, 2.24) is 19.4 Å². The van der Waals surface area contributed by atoms with Crippen molar-refractivity contribution >= 4 is 34.7 Å². The van der Waals surface area contributed by atoms with Gasteiger partial charge in [0.1, 0.15) is 12.4 Å². The Bertz CT molecular complexity index is 1560. The largest absolute Gasteiger partial charge is 0.495 e. The van der Waals surface area contributed by atoms with E-state index in [0.717, 1.165) is 11.1 Å². The Balaban J connectivity index is 1.39. The molecule has 0 aliphatic carbocycles. The van der Waals surface area contributed by atoms with Crippen molar-refractivity contribution < 1.29 is 14.3 Å². The summed E-state index contributed by atoms with van der Waals surface area (Å²) in [5.41, 5.74) is 4.19. The number of nitrogens with zero attached hydrogens (tertiary/aromatic N) is 5. The Morgan fingerprint density at radius 2 is 1.95 bits per heavy atom. The van der Waals surface area contributed by atoms with Gasteiger partial charge in [-0.2, -0.15) is 0 Å². The van der Waals surface area contributed by atoms with Crippen molar-refractivity contribution in [3.63, 3.8) is 0 Å². The van der Waals surface area contributed by atoms with E-state index in [1.165, 1.54) is 4.90 Å². The first-order valence-electron chi connectivity index (χ1n) is 11.4. The van der Waals surface area contributed by atoms with Crippen molar-refractivity contribution in [3.8, 4) is 22.9 Å². The van der Waals surface area contributed by atoms with Crippen LogP contribution in [0.3, 0.4) is 0 Å². The van der Waals surface area contributed by atoms with Crippen molar-refractivity contribution in [2.75, 3.05) is 24.4 Å². The van der Waals surface area contributed by atoms with Crippen LogP contribution in [-0.4, -0.2) is 39.5 Å². The molecule has 10 heteroatoms. The molecule has 0 bridgehead atoms. The number of imidazole rings is 1. The summed E-state index contributed by atoms with van der Waals surface area (Å²) in [6.45, 7) is 0.330. The number of ether oxygens (including phenoxy) is 2. The minimum Gasteiger partial charge on any atom is -0.495 e. The number of carbonyl (C=O) groups is 1. The quantitative estimate of drug-likeness (QED) is 0.299. The van der Waals surface area contributed by atoms with Gasteiger partial charge >= 0.3 is 6.03 Å². The number of hydrogen-bond acceptors (Lipinski definition) is 6. The van der Waals surface area contributed by atoms with Crippen LogP contribution in [0, 0.1) is 0 Å². The van der Waals surface area contributed by atoms with E-state index in [-0.39, 0.29) is 6.03 Å². The van der Waals surface area contributed by atoms with E-state index in [1.54, 1.807) is 57.0 Å². The molecule has 0 saturated carbocycles. The van der Waals surface area contributed by atoms with Gasteiger partial charge < -0.3 is 19.2 Å². The maximum Gasteiger partial charge on any atom is 0.326 e. The van der Waals surface area contributed by atoms with E-state index >= 15 is 0 Å². The summed E-state index contributed by atoms with van der Waals surface area (Å²) in [7, 11) is 3.19. The Labute approximate surface area is 218 Å². The molecule has 0 atom stereocenters. The van der Waals surface area contributed by atoms with Gasteiger partial charge in [0.25, 0.3) is 5.88 Å². The molecule has 1 N–H and O–H groups in total. The van der Waals surface area contributed by atoms with Crippen molar-refractivity contribution in [3.05, 3.63) is 96.2 Å². The molecule has 5 aromatic rings. The number of rotatable bonds is 7. The highest BCUT2D eigenvalue weighted by Crippen LogP contribution is 2.31. The second-order valence-electron chi connectivity index (χ2n) is 8.12. The van der Waals surface area contributed by atoms with E-state index in [4.69, 9.17) is 26.1 Å². The number of nitrogens with one attached hydrogen (secondary N) is 1. The first-order valence-corrected chi connectivity index (χ1v) is 11.7. The highest BCUT2D eigenvalue weighted by atomic mass is 35.5. The molecule has 37 heavy (non-hydrogen) atoms. The molecule has 5 rings (SSSR count). The number of benzene rings is 2. The van der Waals surface area contributed by atoms with Gasteiger partial charge in [-0.3, -0.25) is 9.88 Å². The lowest BCUT2D eigenvalue weighted by Gasteiger charge is -2.21. The van der Waals surface area contributed by atoms with Crippen LogP contribution >= 0.6 is 11.6 Å². The average Bonchev–Trinajstić information content (AvgIpc) is 3.41. The molecule has 3 aromatic heterocycles. The number of fused-ring (bicyclic) bond motifs is 1. The van der Waals surface area contributed by atoms with Crippen molar-refractivity contribution in [1.29, 1.82) is 0 Å². The number of urea groups is 1. The van der Waals surface area contributed by atoms with Crippen LogP contribution in [0.25, 0.3) is 16.9 Å². The maximum absolute atomic E-state index is 13.0. The molecule has 0 aliphatic rings. The van der Waals surface area contributed by atoms with Crippen LogP contribution in [0.2, 0.25) is 5.02 Å². The highest BCUT2D eigenvalue weighted by molar-refractivity contribution is 6.31. The summed E-state index contributed by atoms with van der Waals surface area (Å²) >= 11 is 6.13. The van der Waals surface area contributed by atoms with Crippen molar-refractivity contribution in [2.45, 2.75) is 6.61 Å². The van der Waals surface area contributed by atoms with Gasteiger partial charge in [-0.05, 0) is 48.0 Å². The lowest BCUT2D eigenvalue weighted by Crippen LogP contribution is -2.31. The van der Waals surface area contributed by atoms with E-state index in [1.807, 2.05) is 47.1 Å². The Morgan fingerprint density at radius 3 is 2.76 bits per heavy atom. The SMILES string of the molecule is COc1ccc(Cl)cc1N(C)C(=O)Nc1cccc(-c2cn3ccnc3c(OCc3ccncc3)n2)c1. The monoisotopic (exact) mass is 514 g/mol. The molecule has 3 heterocycles. The van der Waals surface area contributed by atoms with Gasteiger partial charge in [0.05, 0.1) is 18.5 Å². The molecule has 2 amide bonds. The fraction of sp³-hybridized carbons (Fsp3) is 0.111. The third-order valence-corrected chi connectivity index (χ3v) is 5.92. The van der Waals surface area contributed by atoms with E-state index in [9.17, 15) is 4.79 Å². The number of carbonyl (C=O) groups excluding carboxylic acids is 1. The summed E-state index contributed by atoms with van der Waals surface area (Å²) in [6, 6.07) is 15.9. The highest BCUT2D eigenvalue weighted by Gasteiger charge is 2.17. The number of halogens is 1. The van der Waals surface area contributed by atoms with Crippen molar-refractivity contribution in [2.24, 2.45) is 0 Å². The zero-order valence-electron chi connectivity index (χ0n) is 20.1. The van der Waals surface area contributed by atoms with Gasteiger partial charge in [-0.15, -0.1) is 0 Å². The molecule has 0 unspecified atom stereocenters. The summed E-state index contributed by atoms with van der Waals surface area (Å²) in [5.74, 6) is 0.939. The number of aromatic nitrogens is 4. The fourth-order valence-corrected chi connectivity index (χ4v) is 3.93. The van der Waals surface area contributed by atoms with Crippen LogP contribution in [0.5, 0.6) is 11.6 Å². The molecular formula is C27H23ClN6O3. The smallest absolute Gasteiger partial charge is 0.326 e. The summed E-state index contributed by atoms with van der Waals surface area (Å²) in [5, 5.41) is 3.42. The summed E-state index contributed by atoms with van der Waals surface area (Å²) < 4.78 is 13.2. The van der Waals surface area contributed by atoms with Gasteiger partial charge in [0.2, 0.25) is 5.65 Å². The first kappa shape index (κ1) is 24.1. The molecule has 186 valence electrons. The minimum absolute atomic E-state index is 0.330. The predicted molar refractivity (Wildman–Crippen MR) is 142 cm³/mol. The molecule has 0 fully saturated rings. The number of anilines is 2. The van der Waals surface area contributed by atoms with Crippen LogP contribution in [-0.2, 0) is 6.61 Å². The zero-order valence-corrected chi connectivity index (χ0v) is 20.9. The van der Waals surface area contributed by atoms with Gasteiger partial charge in [0.15, 0.2) is 0 Å². The minimum atomic E-state index is -0.350. The number of hydrogen-bond donors (Lipinski definition) is 1.